The highest BCUT2D eigenvalue weighted by Gasteiger charge is 2.39. The van der Waals surface area contributed by atoms with E-state index in [1.54, 1.807) is 0 Å². The molecular formula is C8H11N3O4S. The first-order chi connectivity index (χ1) is 7.53. The molecule has 1 fully saturated rings. The van der Waals surface area contributed by atoms with E-state index in [4.69, 9.17) is 5.11 Å². The van der Waals surface area contributed by atoms with Crippen molar-refractivity contribution in [2.45, 2.75) is 23.8 Å². The Balaban J connectivity index is 2.34. The second-order valence-electron chi connectivity index (χ2n) is 3.55. The first-order valence-corrected chi connectivity index (χ1v) is 6.21. The fraction of sp³-hybridized carbons (Fsp3) is 0.500. The van der Waals surface area contributed by atoms with Gasteiger partial charge in [-0.15, -0.1) is 0 Å². The van der Waals surface area contributed by atoms with Crippen LogP contribution in [0.3, 0.4) is 0 Å². The number of aromatic nitrogens is 2. The van der Waals surface area contributed by atoms with Gasteiger partial charge in [0.05, 0.1) is 6.20 Å². The van der Waals surface area contributed by atoms with Gasteiger partial charge in [0, 0.05) is 12.7 Å². The number of H-pyrrole nitrogens is 1. The summed E-state index contributed by atoms with van der Waals surface area (Å²) in [6, 6.07) is -0.958. The van der Waals surface area contributed by atoms with E-state index < -0.39 is 22.0 Å². The quantitative estimate of drug-likeness (QED) is 0.757. The Morgan fingerprint density at radius 1 is 1.62 bits per heavy atom. The van der Waals surface area contributed by atoms with E-state index in [1.165, 1.54) is 12.4 Å². The molecule has 2 N–H and O–H groups in total. The number of nitrogens with one attached hydrogen (secondary N) is 1. The molecule has 0 saturated carbocycles. The number of aliphatic carboxylic acids is 1. The predicted octanol–water partition coefficient (Wildman–Crippen LogP) is -0.353. The lowest BCUT2D eigenvalue weighted by atomic mass is 10.2. The summed E-state index contributed by atoms with van der Waals surface area (Å²) < 4.78 is 25.0. The summed E-state index contributed by atoms with van der Waals surface area (Å²) in [5.74, 6) is -1.11. The van der Waals surface area contributed by atoms with Crippen LogP contribution in [0.1, 0.15) is 12.8 Å². The fourth-order valence-electron chi connectivity index (χ4n) is 1.79. The lowest BCUT2D eigenvalue weighted by Gasteiger charge is -2.19. The highest BCUT2D eigenvalue weighted by Crippen LogP contribution is 2.25. The number of carboxylic acids is 1. The van der Waals surface area contributed by atoms with Gasteiger partial charge in [-0.3, -0.25) is 9.89 Å². The zero-order valence-electron chi connectivity index (χ0n) is 8.33. The van der Waals surface area contributed by atoms with Crippen LogP contribution in [0.15, 0.2) is 17.3 Å². The van der Waals surface area contributed by atoms with Gasteiger partial charge in [0.2, 0.25) is 10.0 Å². The molecule has 1 saturated heterocycles. The van der Waals surface area contributed by atoms with E-state index in [-0.39, 0.29) is 11.4 Å². The maximum atomic E-state index is 12.0. The molecule has 7 nitrogen and oxygen atoms in total. The van der Waals surface area contributed by atoms with Gasteiger partial charge in [-0.2, -0.15) is 9.40 Å². The van der Waals surface area contributed by atoms with Crippen molar-refractivity contribution in [3.63, 3.8) is 0 Å². The smallest absolute Gasteiger partial charge is 0.322 e. The summed E-state index contributed by atoms with van der Waals surface area (Å²) in [4.78, 5) is 10.9. The second-order valence-corrected chi connectivity index (χ2v) is 5.44. The fourth-order valence-corrected chi connectivity index (χ4v) is 3.35. The van der Waals surface area contributed by atoms with Crippen molar-refractivity contribution in [1.29, 1.82) is 0 Å². The summed E-state index contributed by atoms with van der Waals surface area (Å²) in [6.07, 6.45) is 3.33. The molecule has 8 heteroatoms. The number of hydrogen-bond acceptors (Lipinski definition) is 4. The van der Waals surface area contributed by atoms with Crippen LogP contribution in [0.4, 0.5) is 0 Å². The number of sulfonamides is 1. The molecule has 2 heterocycles. The molecule has 0 radical (unpaired) electrons. The molecule has 1 aliphatic rings. The van der Waals surface area contributed by atoms with Crippen molar-refractivity contribution in [3.05, 3.63) is 12.4 Å². The Bertz CT molecular complexity index is 481. The summed E-state index contributed by atoms with van der Waals surface area (Å²) in [5.41, 5.74) is 0. The molecular weight excluding hydrogens is 234 g/mol. The molecule has 2 rings (SSSR count). The van der Waals surface area contributed by atoms with Crippen LogP contribution < -0.4 is 0 Å². The monoisotopic (exact) mass is 245 g/mol. The third-order valence-electron chi connectivity index (χ3n) is 2.57. The second kappa shape index (κ2) is 3.87. The van der Waals surface area contributed by atoms with E-state index in [0.717, 1.165) is 4.31 Å². The molecule has 0 aromatic carbocycles. The van der Waals surface area contributed by atoms with Gasteiger partial charge < -0.3 is 5.11 Å². The van der Waals surface area contributed by atoms with Crippen LogP contribution in [0.2, 0.25) is 0 Å². The molecule has 1 atom stereocenters. The van der Waals surface area contributed by atoms with Gasteiger partial charge in [0.15, 0.2) is 0 Å². The summed E-state index contributed by atoms with van der Waals surface area (Å²) in [6.45, 7) is 0.241. The zero-order chi connectivity index (χ0) is 11.8. The molecule has 1 aromatic rings. The standard InChI is InChI=1S/C8H11N3O4S/c12-8(13)7-2-1-3-11(7)16(14,15)6-4-9-10-5-6/h4-5,7H,1-3H2,(H,9,10)(H,12,13). The lowest BCUT2D eigenvalue weighted by molar-refractivity contribution is -0.140. The van der Waals surface area contributed by atoms with E-state index in [1.807, 2.05) is 0 Å². The predicted molar refractivity (Wildman–Crippen MR) is 53.1 cm³/mol. The number of nitrogens with zero attached hydrogens (tertiary/aromatic N) is 2. The van der Waals surface area contributed by atoms with Crippen molar-refractivity contribution in [2.75, 3.05) is 6.54 Å². The van der Waals surface area contributed by atoms with Crippen LogP contribution >= 0.6 is 0 Å². The van der Waals surface area contributed by atoms with Crippen molar-refractivity contribution < 1.29 is 18.3 Å². The van der Waals surface area contributed by atoms with E-state index in [9.17, 15) is 13.2 Å². The molecule has 1 aliphatic heterocycles. The zero-order valence-corrected chi connectivity index (χ0v) is 9.14. The minimum atomic E-state index is -3.73. The van der Waals surface area contributed by atoms with Crippen LogP contribution in [0, 0.1) is 0 Å². The average Bonchev–Trinajstić information content (AvgIpc) is 2.89. The molecule has 1 aromatic heterocycles. The van der Waals surface area contributed by atoms with Crippen molar-refractivity contribution >= 4 is 16.0 Å². The minimum Gasteiger partial charge on any atom is -0.480 e. The van der Waals surface area contributed by atoms with Gasteiger partial charge in [0.25, 0.3) is 0 Å². The number of rotatable bonds is 3. The van der Waals surface area contributed by atoms with Crippen LogP contribution in [-0.4, -0.2) is 46.6 Å². The van der Waals surface area contributed by atoms with Crippen LogP contribution in [-0.2, 0) is 14.8 Å². The van der Waals surface area contributed by atoms with Gasteiger partial charge in [-0.05, 0) is 12.8 Å². The number of aromatic amines is 1. The van der Waals surface area contributed by atoms with E-state index in [2.05, 4.69) is 10.2 Å². The minimum absolute atomic E-state index is 0.000602. The lowest BCUT2D eigenvalue weighted by Crippen LogP contribution is -2.40. The van der Waals surface area contributed by atoms with Gasteiger partial charge in [-0.25, -0.2) is 8.42 Å². The van der Waals surface area contributed by atoms with Gasteiger partial charge >= 0.3 is 5.97 Å². The Morgan fingerprint density at radius 2 is 2.38 bits per heavy atom. The topological polar surface area (TPSA) is 103 Å². The molecule has 88 valence electrons. The summed E-state index contributed by atoms with van der Waals surface area (Å²) in [7, 11) is -3.73. The highest BCUT2D eigenvalue weighted by molar-refractivity contribution is 7.89. The Morgan fingerprint density at radius 3 is 2.94 bits per heavy atom. The van der Waals surface area contributed by atoms with E-state index >= 15 is 0 Å². The number of carboxylic acid groups (broad SMARTS) is 1. The highest BCUT2D eigenvalue weighted by atomic mass is 32.2. The third-order valence-corrected chi connectivity index (χ3v) is 4.44. The number of carbonyl (C=O) groups is 1. The van der Waals surface area contributed by atoms with Gasteiger partial charge in [-0.1, -0.05) is 0 Å². The van der Waals surface area contributed by atoms with E-state index in [0.29, 0.717) is 12.8 Å². The normalized spacial score (nSPS) is 22.4. The Kier molecular flexibility index (Phi) is 2.68. The van der Waals surface area contributed by atoms with Crippen LogP contribution in [0.25, 0.3) is 0 Å². The average molecular weight is 245 g/mol. The number of hydrogen-bond donors (Lipinski definition) is 2. The largest absolute Gasteiger partial charge is 0.480 e. The van der Waals surface area contributed by atoms with Gasteiger partial charge in [0.1, 0.15) is 10.9 Å². The first kappa shape index (κ1) is 11.1. The summed E-state index contributed by atoms with van der Waals surface area (Å²) in [5, 5.41) is 14.9. The molecule has 16 heavy (non-hydrogen) atoms. The Labute approximate surface area is 92.1 Å². The molecule has 0 amide bonds. The maximum Gasteiger partial charge on any atom is 0.322 e. The van der Waals surface area contributed by atoms with Crippen molar-refractivity contribution in [3.8, 4) is 0 Å². The molecule has 0 aliphatic carbocycles. The SMILES string of the molecule is O=C(O)C1CCCN1S(=O)(=O)c1cn[nH]c1. The maximum absolute atomic E-state index is 12.0. The van der Waals surface area contributed by atoms with Crippen LogP contribution in [0.5, 0.6) is 0 Å². The molecule has 0 bridgehead atoms. The third kappa shape index (κ3) is 1.69. The van der Waals surface area contributed by atoms with Crippen molar-refractivity contribution in [2.24, 2.45) is 0 Å². The van der Waals surface area contributed by atoms with Crippen molar-refractivity contribution in [1.82, 2.24) is 14.5 Å². The summed E-state index contributed by atoms with van der Waals surface area (Å²) >= 11 is 0. The first-order valence-electron chi connectivity index (χ1n) is 4.77. The molecule has 1 unspecified atom stereocenters. The Hall–Kier alpha value is -1.41. The molecule has 0 spiro atoms.